The zero-order chi connectivity index (χ0) is 21.1. The summed E-state index contributed by atoms with van der Waals surface area (Å²) in [5.41, 5.74) is 1.54. The molecule has 1 atom stereocenters. The van der Waals surface area contributed by atoms with Gasteiger partial charge in [-0.3, -0.25) is 14.4 Å². The Morgan fingerprint density at radius 2 is 1.53 bits per heavy atom. The molecule has 156 valence electrons. The number of hydrogen-bond donors (Lipinski definition) is 0. The SMILES string of the molecule is O=C1CC(C(=O)N2CCN(C(=O)c3ccccc3Cl)CC2)CN1Cc1ccccc1. The van der Waals surface area contributed by atoms with Crippen molar-refractivity contribution in [2.24, 2.45) is 5.92 Å². The monoisotopic (exact) mass is 425 g/mol. The lowest BCUT2D eigenvalue weighted by Gasteiger charge is -2.36. The van der Waals surface area contributed by atoms with Gasteiger partial charge in [0.05, 0.1) is 16.5 Å². The third kappa shape index (κ3) is 4.33. The maximum atomic E-state index is 13.0. The van der Waals surface area contributed by atoms with E-state index in [0.717, 1.165) is 5.56 Å². The first-order chi connectivity index (χ1) is 14.5. The summed E-state index contributed by atoms with van der Waals surface area (Å²) in [7, 11) is 0. The molecule has 2 aromatic rings. The number of nitrogens with zero attached hydrogens (tertiary/aromatic N) is 3. The van der Waals surface area contributed by atoms with Crippen LogP contribution in [0.5, 0.6) is 0 Å². The van der Waals surface area contributed by atoms with E-state index < -0.39 is 0 Å². The van der Waals surface area contributed by atoms with Crippen LogP contribution in [0, 0.1) is 5.92 Å². The quantitative estimate of drug-likeness (QED) is 0.756. The van der Waals surface area contributed by atoms with Crippen molar-refractivity contribution in [1.82, 2.24) is 14.7 Å². The Balaban J connectivity index is 1.32. The second kappa shape index (κ2) is 8.88. The summed E-state index contributed by atoms with van der Waals surface area (Å²) in [6.07, 6.45) is 0.254. The lowest BCUT2D eigenvalue weighted by Crippen LogP contribution is -2.52. The summed E-state index contributed by atoms with van der Waals surface area (Å²) in [4.78, 5) is 43.3. The summed E-state index contributed by atoms with van der Waals surface area (Å²) in [6.45, 7) is 2.85. The average molecular weight is 426 g/mol. The van der Waals surface area contributed by atoms with Crippen LogP contribution in [0.1, 0.15) is 22.3 Å². The second-order valence-electron chi connectivity index (χ2n) is 7.76. The molecule has 0 aromatic heterocycles. The maximum Gasteiger partial charge on any atom is 0.255 e. The topological polar surface area (TPSA) is 60.9 Å². The van der Waals surface area contributed by atoms with Gasteiger partial charge in [0.2, 0.25) is 11.8 Å². The highest BCUT2D eigenvalue weighted by Crippen LogP contribution is 2.23. The fraction of sp³-hybridized carbons (Fsp3) is 0.348. The minimum absolute atomic E-state index is 0.00348. The van der Waals surface area contributed by atoms with Gasteiger partial charge in [-0.2, -0.15) is 0 Å². The molecule has 30 heavy (non-hydrogen) atoms. The zero-order valence-corrected chi connectivity index (χ0v) is 17.4. The zero-order valence-electron chi connectivity index (χ0n) is 16.7. The summed E-state index contributed by atoms with van der Waals surface area (Å²) in [5.74, 6) is -0.404. The van der Waals surface area contributed by atoms with Crippen LogP contribution in [-0.4, -0.2) is 65.1 Å². The van der Waals surface area contributed by atoms with Crippen LogP contribution in [0.4, 0.5) is 0 Å². The van der Waals surface area contributed by atoms with Crippen molar-refractivity contribution in [3.63, 3.8) is 0 Å². The highest BCUT2D eigenvalue weighted by atomic mass is 35.5. The van der Waals surface area contributed by atoms with Crippen molar-refractivity contribution in [2.75, 3.05) is 32.7 Å². The van der Waals surface area contributed by atoms with E-state index >= 15 is 0 Å². The van der Waals surface area contributed by atoms with Crippen molar-refractivity contribution in [2.45, 2.75) is 13.0 Å². The molecule has 6 nitrogen and oxygen atoms in total. The van der Waals surface area contributed by atoms with Crippen LogP contribution >= 0.6 is 11.6 Å². The highest BCUT2D eigenvalue weighted by molar-refractivity contribution is 6.33. The minimum atomic E-state index is -0.313. The predicted octanol–water partition coefficient (Wildman–Crippen LogP) is 2.67. The molecule has 2 aromatic carbocycles. The Morgan fingerprint density at radius 1 is 0.900 bits per heavy atom. The van der Waals surface area contributed by atoms with Gasteiger partial charge in [0.25, 0.3) is 5.91 Å². The number of amides is 3. The summed E-state index contributed by atoms with van der Waals surface area (Å²) < 4.78 is 0. The van der Waals surface area contributed by atoms with Crippen LogP contribution in [0.2, 0.25) is 5.02 Å². The van der Waals surface area contributed by atoms with Crippen molar-refractivity contribution >= 4 is 29.3 Å². The van der Waals surface area contributed by atoms with Gasteiger partial charge in [-0.1, -0.05) is 54.1 Å². The molecule has 2 aliphatic rings. The molecule has 0 N–H and O–H groups in total. The largest absolute Gasteiger partial charge is 0.339 e. The third-order valence-electron chi connectivity index (χ3n) is 5.76. The molecule has 4 rings (SSSR count). The summed E-state index contributed by atoms with van der Waals surface area (Å²) in [5, 5.41) is 0.434. The van der Waals surface area contributed by atoms with Crippen molar-refractivity contribution in [3.8, 4) is 0 Å². The smallest absolute Gasteiger partial charge is 0.255 e. The maximum absolute atomic E-state index is 13.0. The standard InChI is InChI=1S/C23H24ClN3O3/c24-20-9-5-4-8-19(20)23(30)26-12-10-25(11-13-26)22(29)18-14-21(28)27(16-18)15-17-6-2-1-3-7-17/h1-9,18H,10-16H2. The van der Waals surface area contributed by atoms with Crippen LogP contribution < -0.4 is 0 Å². The molecule has 0 saturated carbocycles. The number of benzene rings is 2. The fourth-order valence-electron chi connectivity index (χ4n) is 4.09. The molecular weight excluding hydrogens is 402 g/mol. The number of carbonyl (C=O) groups is 3. The lowest BCUT2D eigenvalue weighted by atomic mass is 10.1. The van der Waals surface area contributed by atoms with Gasteiger partial charge < -0.3 is 14.7 Å². The molecule has 2 aliphatic heterocycles. The van der Waals surface area contributed by atoms with Gasteiger partial charge in [0, 0.05) is 45.7 Å². The van der Waals surface area contributed by atoms with Crippen LogP contribution in [0.3, 0.4) is 0 Å². The van der Waals surface area contributed by atoms with E-state index in [-0.39, 0.29) is 30.1 Å². The number of rotatable bonds is 4. The van der Waals surface area contributed by atoms with Gasteiger partial charge in [-0.25, -0.2) is 0 Å². The van der Waals surface area contributed by atoms with E-state index in [4.69, 9.17) is 11.6 Å². The first-order valence-corrected chi connectivity index (χ1v) is 10.5. The number of halogens is 1. The van der Waals surface area contributed by atoms with E-state index in [1.165, 1.54) is 0 Å². The Labute approximate surface area is 181 Å². The summed E-state index contributed by atoms with van der Waals surface area (Å²) >= 11 is 6.14. The molecule has 2 saturated heterocycles. The highest BCUT2D eigenvalue weighted by Gasteiger charge is 2.37. The van der Waals surface area contributed by atoms with Gasteiger partial charge in [-0.15, -0.1) is 0 Å². The molecule has 3 amide bonds. The molecule has 2 fully saturated rings. The number of likely N-dealkylation sites (tertiary alicyclic amines) is 1. The number of carbonyl (C=O) groups excluding carboxylic acids is 3. The molecule has 0 radical (unpaired) electrons. The van der Waals surface area contributed by atoms with Crippen LogP contribution in [-0.2, 0) is 16.1 Å². The van der Waals surface area contributed by atoms with E-state index in [0.29, 0.717) is 49.9 Å². The Kier molecular flexibility index (Phi) is 6.04. The normalized spacial score (nSPS) is 19.3. The first-order valence-electron chi connectivity index (χ1n) is 10.2. The van der Waals surface area contributed by atoms with E-state index in [1.54, 1.807) is 39.0 Å². The number of hydrogen-bond acceptors (Lipinski definition) is 3. The molecule has 0 bridgehead atoms. The van der Waals surface area contributed by atoms with E-state index in [1.807, 2.05) is 30.3 Å². The van der Waals surface area contributed by atoms with Gasteiger partial charge >= 0.3 is 0 Å². The Morgan fingerprint density at radius 3 is 2.23 bits per heavy atom. The van der Waals surface area contributed by atoms with Crippen LogP contribution in [0.25, 0.3) is 0 Å². The third-order valence-corrected chi connectivity index (χ3v) is 6.09. The van der Waals surface area contributed by atoms with Gasteiger partial charge in [0.15, 0.2) is 0 Å². The Bertz CT molecular complexity index is 942. The van der Waals surface area contributed by atoms with Crippen molar-refractivity contribution in [3.05, 3.63) is 70.7 Å². The molecule has 0 aliphatic carbocycles. The first kappa shape index (κ1) is 20.4. The number of piperazine rings is 1. The van der Waals surface area contributed by atoms with Crippen molar-refractivity contribution < 1.29 is 14.4 Å². The van der Waals surface area contributed by atoms with E-state index in [9.17, 15) is 14.4 Å². The van der Waals surface area contributed by atoms with Gasteiger partial charge in [0.1, 0.15) is 0 Å². The average Bonchev–Trinajstić information content (AvgIpc) is 3.14. The van der Waals surface area contributed by atoms with Crippen molar-refractivity contribution in [1.29, 1.82) is 0 Å². The minimum Gasteiger partial charge on any atom is -0.339 e. The molecule has 1 unspecified atom stereocenters. The lowest BCUT2D eigenvalue weighted by molar-refractivity contribution is -0.137. The molecule has 2 heterocycles. The molecular formula is C23H24ClN3O3. The Hall–Kier alpha value is -2.86. The molecule has 0 spiro atoms. The van der Waals surface area contributed by atoms with E-state index in [2.05, 4.69) is 0 Å². The van der Waals surface area contributed by atoms with Crippen LogP contribution in [0.15, 0.2) is 54.6 Å². The predicted molar refractivity (Wildman–Crippen MR) is 114 cm³/mol. The fourth-order valence-corrected chi connectivity index (χ4v) is 4.30. The molecule has 7 heteroatoms. The second-order valence-corrected chi connectivity index (χ2v) is 8.17. The summed E-state index contributed by atoms with van der Waals surface area (Å²) in [6, 6.07) is 16.8. The van der Waals surface area contributed by atoms with Gasteiger partial charge in [-0.05, 0) is 17.7 Å².